The highest BCUT2D eigenvalue weighted by molar-refractivity contribution is 5.97. The molecule has 1 saturated carbocycles. The zero-order chi connectivity index (χ0) is 22.5. The number of pyridine rings is 2. The molecule has 0 aliphatic heterocycles. The summed E-state index contributed by atoms with van der Waals surface area (Å²) < 4.78 is 1.76. The first-order valence-electron chi connectivity index (χ1n) is 10.3. The number of amides is 1. The lowest BCUT2D eigenvalue weighted by Gasteiger charge is -2.13. The van der Waals surface area contributed by atoms with Gasteiger partial charge < -0.3 is 9.88 Å². The fourth-order valence-corrected chi connectivity index (χ4v) is 3.27. The quantitative estimate of drug-likeness (QED) is 0.389. The van der Waals surface area contributed by atoms with E-state index in [1.165, 1.54) is 0 Å². The first kappa shape index (κ1) is 21.0. The van der Waals surface area contributed by atoms with Gasteiger partial charge in [-0.3, -0.25) is 14.6 Å². The van der Waals surface area contributed by atoms with Crippen molar-refractivity contribution in [1.29, 1.82) is 0 Å². The van der Waals surface area contributed by atoms with Gasteiger partial charge in [-0.15, -0.1) is 0 Å². The van der Waals surface area contributed by atoms with Crippen LogP contribution in [0.4, 0.5) is 0 Å². The largest absolute Gasteiger partial charge is 0.349 e. The first-order valence-corrected chi connectivity index (χ1v) is 10.3. The molecule has 158 valence electrons. The van der Waals surface area contributed by atoms with Crippen LogP contribution in [-0.4, -0.2) is 34.8 Å². The molecular weight excluding hydrogens is 400 g/mol. The number of benzene rings is 1. The molecule has 0 radical (unpaired) electrons. The number of allylic oxidation sites excluding steroid dienone is 3. The minimum absolute atomic E-state index is 0.101. The van der Waals surface area contributed by atoms with Crippen molar-refractivity contribution in [3.8, 4) is 17.5 Å². The lowest BCUT2D eigenvalue weighted by atomic mass is 10.1. The molecule has 1 fully saturated rings. The van der Waals surface area contributed by atoms with E-state index in [9.17, 15) is 9.59 Å². The highest BCUT2D eigenvalue weighted by atomic mass is 16.2. The average molecular weight is 422 g/mol. The SMILES string of the molecule is C=C/C=C(/C#Cc1cccc(-n2cc(C(=O)NC3CC3)c(=O)c3cccnc32)c1)C=NC. The van der Waals surface area contributed by atoms with E-state index in [4.69, 9.17) is 0 Å². The Bertz CT molecular complexity index is 1380. The summed E-state index contributed by atoms with van der Waals surface area (Å²) in [5.41, 5.74) is 2.52. The van der Waals surface area contributed by atoms with E-state index in [1.54, 1.807) is 54.5 Å². The number of fused-ring (bicyclic) bond motifs is 1. The molecular formula is C26H22N4O2. The summed E-state index contributed by atoms with van der Waals surface area (Å²) in [5.74, 6) is 5.84. The van der Waals surface area contributed by atoms with E-state index in [0.29, 0.717) is 11.0 Å². The Morgan fingerprint density at radius 1 is 1.31 bits per heavy atom. The maximum Gasteiger partial charge on any atom is 0.257 e. The molecule has 2 heterocycles. The fraction of sp³-hybridized carbons (Fsp3) is 0.154. The van der Waals surface area contributed by atoms with Crippen molar-refractivity contribution < 1.29 is 4.79 Å². The van der Waals surface area contributed by atoms with Crippen molar-refractivity contribution in [2.75, 3.05) is 7.05 Å². The van der Waals surface area contributed by atoms with Crippen molar-refractivity contribution in [2.24, 2.45) is 4.99 Å². The summed E-state index contributed by atoms with van der Waals surface area (Å²) >= 11 is 0. The fourth-order valence-electron chi connectivity index (χ4n) is 3.27. The van der Waals surface area contributed by atoms with E-state index in [-0.39, 0.29) is 22.9 Å². The van der Waals surface area contributed by atoms with Crippen molar-refractivity contribution in [3.63, 3.8) is 0 Å². The summed E-state index contributed by atoms with van der Waals surface area (Å²) in [7, 11) is 1.69. The summed E-state index contributed by atoms with van der Waals surface area (Å²) in [6, 6.07) is 11.1. The average Bonchev–Trinajstić information content (AvgIpc) is 3.62. The second-order valence-electron chi connectivity index (χ2n) is 7.41. The van der Waals surface area contributed by atoms with Gasteiger partial charge in [0.25, 0.3) is 5.91 Å². The minimum Gasteiger partial charge on any atom is -0.349 e. The highest BCUT2D eigenvalue weighted by Gasteiger charge is 2.26. The van der Waals surface area contributed by atoms with Crippen LogP contribution in [0.5, 0.6) is 0 Å². The number of aromatic nitrogens is 2. The third-order valence-corrected chi connectivity index (χ3v) is 4.96. The molecule has 2 aromatic heterocycles. The third-order valence-electron chi connectivity index (χ3n) is 4.96. The Labute approximate surface area is 186 Å². The van der Waals surface area contributed by atoms with E-state index >= 15 is 0 Å². The molecule has 3 aromatic rings. The maximum atomic E-state index is 13.0. The normalized spacial score (nSPS) is 13.6. The second kappa shape index (κ2) is 9.27. The van der Waals surface area contributed by atoms with Gasteiger partial charge >= 0.3 is 0 Å². The Morgan fingerprint density at radius 2 is 2.16 bits per heavy atom. The number of carbonyl (C=O) groups is 1. The number of rotatable bonds is 5. The van der Waals surface area contributed by atoms with Gasteiger partial charge in [0.15, 0.2) is 0 Å². The van der Waals surface area contributed by atoms with Crippen molar-refractivity contribution in [3.05, 3.63) is 94.4 Å². The van der Waals surface area contributed by atoms with Crippen LogP contribution in [0.1, 0.15) is 28.8 Å². The first-order chi connectivity index (χ1) is 15.6. The standard InChI is InChI=1S/C26H22N4O2/c1-3-6-19(16-27-2)11-10-18-7-4-8-21(15-18)30-17-23(26(32)29-20-12-13-20)24(31)22-9-5-14-28-25(22)30/h3-9,14-17,20H,1,12-13H2,2H3,(H,29,32)/b19-6-,27-16?. The molecule has 1 amide bonds. The van der Waals surface area contributed by atoms with Crippen LogP contribution in [-0.2, 0) is 0 Å². The second-order valence-corrected chi connectivity index (χ2v) is 7.41. The smallest absolute Gasteiger partial charge is 0.257 e. The number of nitrogens with one attached hydrogen (secondary N) is 1. The molecule has 0 atom stereocenters. The monoisotopic (exact) mass is 422 g/mol. The number of carbonyl (C=O) groups excluding carboxylic acids is 1. The van der Waals surface area contributed by atoms with Gasteiger partial charge in [0, 0.05) is 48.5 Å². The Hall–Kier alpha value is -4.24. The van der Waals surface area contributed by atoms with Crippen LogP contribution >= 0.6 is 0 Å². The number of aliphatic imine (C=N–C) groups is 1. The predicted molar refractivity (Wildman–Crippen MR) is 127 cm³/mol. The summed E-state index contributed by atoms with van der Waals surface area (Å²) in [6.07, 6.45) is 10.2. The Morgan fingerprint density at radius 3 is 2.91 bits per heavy atom. The zero-order valence-corrected chi connectivity index (χ0v) is 17.7. The van der Waals surface area contributed by atoms with Gasteiger partial charge in [-0.25, -0.2) is 4.98 Å². The minimum atomic E-state index is -0.356. The Balaban J connectivity index is 1.81. The van der Waals surface area contributed by atoms with Crippen molar-refractivity contribution in [1.82, 2.24) is 14.9 Å². The molecule has 1 aliphatic rings. The maximum absolute atomic E-state index is 13.0. The molecule has 0 saturated heterocycles. The molecule has 1 aromatic carbocycles. The molecule has 0 bridgehead atoms. The zero-order valence-electron chi connectivity index (χ0n) is 17.7. The molecule has 6 heteroatoms. The van der Waals surface area contributed by atoms with Gasteiger partial charge in [-0.05, 0) is 49.2 Å². The number of nitrogens with zero attached hydrogens (tertiary/aromatic N) is 3. The van der Waals surface area contributed by atoms with Gasteiger partial charge in [0.2, 0.25) is 5.43 Å². The van der Waals surface area contributed by atoms with Gasteiger partial charge in [0.1, 0.15) is 11.2 Å². The molecule has 32 heavy (non-hydrogen) atoms. The molecule has 0 spiro atoms. The van der Waals surface area contributed by atoms with Crippen LogP contribution in [0.15, 0.2) is 82.9 Å². The highest BCUT2D eigenvalue weighted by Crippen LogP contribution is 2.20. The molecule has 1 aliphatic carbocycles. The Kier molecular flexibility index (Phi) is 6.09. The summed E-state index contributed by atoms with van der Waals surface area (Å²) in [6.45, 7) is 3.70. The van der Waals surface area contributed by atoms with Gasteiger partial charge in [-0.2, -0.15) is 0 Å². The van der Waals surface area contributed by atoms with Crippen LogP contribution in [0.25, 0.3) is 16.7 Å². The van der Waals surface area contributed by atoms with E-state index < -0.39 is 0 Å². The van der Waals surface area contributed by atoms with Crippen molar-refractivity contribution >= 4 is 23.2 Å². The number of hydrogen-bond acceptors (Lipinski definition) is 4. The van der Waals surface area contributed by atoms with Gasteiger partial charge in [0.05, 0.1) is 5.39 Å². The topological polar surface area (TPSA) is 76.3 Å². The molecule has 6 nitrogen and oxygen atoms in total. The third kappa shape index (κ3) is 4.57. The van der Waals surface area contributed by atoms with E-state index in [1.807, 2.05) is 24.3 Å². The summed E-state index contributed by atoms with van der Waals surface area (Å²) in [5, 5.41) is 3.29. The van der Waals surface area contributed by atoms with Gasteiger partial charge in [-0.1, -0.05) is 30.6 Å². The van der Waals surface area contributed by atoms with Crippen LogP contribution in [0, 0.1) is 11.8 Å². The lowest BCUT2D eigenvalue weighted by molar-refractivity contribution is 0.0949. The van der Waals surface area contributed by atoms with E-state index in [0.717, 1.165) is 29.7 Å². The van der Waals surface area contributed by atoms with Crippen molar-refractivity contribution in [2.45, 2.75) is 18.9 Å². The molecule has 0 unspecified atom stereocenters. The molecule has 4 rings (SSSR count). The van der Waals surface area contributed by atoms with Crippen LogP contribution < -0.4 is 10.7 Å². The molecule has 1 N–H and O–H groups in total. The van der Waals surface area contributed by atoms with E-state index in [2.05, 4.69) is 33.7 Å². The predicted octanol–water partition coefficient (Wildman–Crippen LogP) is 3.44. The summed E-state index contributed by atoms with van der Waals surface area (Å²) in [4.78, 5) is 34.1. The van der Waals surface area contributed by atoms with Crippen LogP contribution in [0.2, 0.25) is 0 Å². The van der Waals surface area contributed by atoms with Crippen LogP contribution in [0.3, 0.4) is 0 Å². The number of hydrogen-bond donors (Lipinski definition) is 1. The lowest BCUT2D eigenvalue weighted by Crippen LogP contribution is -2.31.